The van der Waals surface area contributed by atoms with Crippen LogP contribution in [-0.2, 0) is 12.8 Å². The average Bonchev–Trinajstić information content (AvgIpc) is 2.78. The van der Waals surface area contributed by atoms with E-state index in [2.05, 4.69) is 23.7 Å². The van der Waals surface area contributed by atoms with E-state index in [1.165, 1.54) is 35.8 Å². The Labute approximate surface area is 114 Å². The van der Waals surface area contributed by atoms with Crippen LogP contribution < -0.4 is 0 Å². The molecular weight excluding hydrogens is 244 g/mol. The summed E-state index contributed by atoms with van der Waals surface area (Å²) < 4.78 is 0. The number of aliphatic hydroxyl groups excluding tert-OH is 1. The Bertz CT molecular complexity index is 356. The molecule has 0 atom stereocenters. The number of hydrogen-bond donors (Lipinski definition) is 1. The van der Waals surface area contributed by atoms with Crippen LogP contribution in [0.4, 0.5) is 0 Å². The Kier molecular flexibility index (Phi) is 5.15. The van der Waals surface area contributed by atoms with Gasteiger partial charge in [0.15, 0.2) is 0 Å². The fraction of sp³-hybridized carbons (Fsp3) is 0.786. The van der Waals surface area contributed by atoms with E-state index in [9.17, 15) is 0 Å². The highest BCUT2D eigenvalue weighted by Crippen LogP contribution is 2.25. The predicted octanol–water partition coefficient (Wildman–Crippen LogP) is 2.34. The SMILES string of the molecule is CC(C)N1CCC(Cc2ncc(CCO)s2)CC1. The van der Waals surface area contributed by atoms with Crippen molar-refractivity contribution in [1.82, 2.24) is 9.88 Å². The first-order chi connectivity index (χ1) is 8.69. The van der Waals surface area contributed by atoms with Crippen molar-refractivity contribution in [3.8, 4) is 0 Å². The lowest BCUT2D eigenvalue weighted by atomic mass is 9.93. The number of piperidine rings is 1. The number of aromatic nitrogens is 1. The Morgan fingerprint density at radius 2 is 2.17 bits per heavy atom. The maximum absolute atomic E-state index is 8.90. The van der Waals surface area contributed by atoms with Crippen LogP contribution in [0.5, 0.6) is 0 Å². The quantitative estimate of drug-likeness (QED) is 0.890. The van der Waals surface area contributed by atoms with Crippen LogP contribution in [0.15, 0.2) is 6.20 Å². The number of thiazole rings is 1. The lowest BCUT2D eigenvalue weighted by Crippen LogP contribution is -2.38. The average molecular weight is 268 g/mol. The van der Waals surface area contributed by atoms with Crippen molar-refractivity contribution in [2.45, 2.75) is 45.6 Å². The van der Waals surface area contributed by atoms with Crippen LogP contribution in [0.3, 0.4) is 0 Å². The van der Waals surface area contributed by atoms with Crippen molar-refractivity contribution in [3.63, 3.8) is 0 Å². The Hall–Kier alpha value is -0.450. The van der Waals surface area contributed by atoms with E-state index in [1.807, 2.05) is 6.20 Å². The zero-order valence-electron chi connectivity index (χ0n) is 11.4. The molecule has 0 spiro atoms. The topological polar surface area (TPSA) is 36.4 Å². The van der Waals surface area contributed by atoms with Gasteiger partial charge in [-0.1, -0.05) is 0 Å². The van der Waals surface area contributed by atoms with Crippen LogP contribution in [-0.4, -0.2) is 40.7 Å². The molecule has 102 valence electrons. The monoisotopic (exact) mass is 268 g/mol. The van der Waals surface area contributed by atoms with E-state index in [0.29, 0.717) is 6.04 Å². The first-order valence-corrected chi connectivity index (χ1v) is 7.79. The third-order valence-corrected chi connectivity index (χ3v) is 4.88. The number of nitrogens with zero attached hydrogens (tertiary/aromatic N) is 2. The van der Waals surface area contributed by atoms with Gasteiger partial charge in [-0.15, -0.1) is 11.3 Å². The van der Waals surface area contributed by atoms with Crippen LogP contribution in [0.25, 0.3) is 0 Å². The number of likely N-dealkylation sites (tertiary alicyclic amines) is 1. The predicted molar refractivity (Wildman–Crippen MR) is 76.0 cm³/mol. The molecular formula is C14H24N2OS. The standard InChI is InChI=1S/C14H24N2OS/c1-11(2)16-6-3-12(4-7-16)9-14-15-10-13(18-14)5-8-17/h10-12,17H,3-9H2,1-2H3. The van der Waals surface area contributed by atoms with Gasteiger partial charge >= 0.3 is 0 Å². The van der Waals surface area contributed by atoms with Crippen molar-refractivity contribution < 1.29 is 5.11 Å². The van der Waals surface area contributed by atoms with E-state index < -0.39 is 0 Å². The Morgan fingerprint density at radius 1 is 1.44 bits per heavy atom. The molecule has 1 aliphatic rings. The molecule has 1 saturated heterocycles. The molecule has 2 rings (SSSR count). The minimum atomic E-state index is 0.231. The number of hydrogen-bond acceptors (Lipinski definition) is 4. The fourth-order valence-electron chi connectivity index (χ4n) is 2.59. The van der Waals surface area contributed by atoms with Crippen molar-refractivity contribution in [2.24, 2.45) is 5.92 Å². The number of rotatable bonds is 5. The summed E-state index contributed by atoms with van der Waals surface area (Å²) in [5.74, 6) is 0.799. The van der Waals surface area contributed by atoms with Gasteiger partial charge in [0.2, 0.25) is 0 Å². The molecule has 1 aliphatic heterocycles. The second-order valence-electron chi connectivity index (χ2n) is 5.47. The van der Waals surface area contributed by atoms with Crippen molar-refractivity contribution >= 4 is 11.3 Å². The highest BCUT2D eigenvalue weighted by Gasteiger charge is 2.21. The van der Waals surface area contributed by atoms with E-state index >= 15 is 0 Å². The van der Waals surface area contributed by atoms with Crippen LogP contribution in [0.2, 0.25) is 0 Å². The maximum atomic E-state index is 8.90. The summed E-state index contributed by atoms with van der Waals surface area (Å²) in [6.07, 6.45) is 6.41. The van der Waals surface area contributed by atoms with E-state index in [-0.39, 0.29) is 6.61 Å². The van der Waals surface area contributed by atoms with Gasteiger partial charge in [0.05, 0.1) is 5.01 Å². The number of aliphatic hydroxyl groups is 1. The first-order valence-electron chi connectivity index (χ1n) is 6.97. The molecule has 0 amide bonds. The van der Waals surface area contributed by atoms with E-state index in [0.717, 1.165) is 18.8 Å². The molecule has 0 unspecified atom stereocenters. The third-order valence-electron chi connectivity index (χ3n) is 3.80. The normalized spacial score (nSPS) is 18.7. The van der Waals surface area contributed by atoms with Gasteiger partial charge in [-0.2, -0.15) is 0 Å². The first kappa shape index (κ1) is 14.0. The van der Waals surface area contributed by atoms with Gasteiger partial charge in [-0.25, -0.2) is 4.98 Å². The fourth-order valence-corrected chi connectivity index (χ4v) is 3.61. The Balaban J connectivity index is 1.80. The molecule has 0 bridgehead atoms. The summed E-state index contributed by atoms with van der Waals surface area (Å²) >= 11 is 1.77. The molecule has 4 heteroatoms. The summed E-state index contributed by atoms with van der Waals surface area (Å²) in [5.41, 5.74) is 0. The van der Waals surface area contributed by atoms with Gasteiger partial charge in [0.1, 0.15) is 0 Å². The minimum Gasteiger partial charge on any atom is -0.396 e. The second kappa shape index (κ2) is 6.64. The molecule has 1 aromatic rings. The summed E-state index contributed by atoms with van der Waals surface area (Å²) in [6, 6.07) is 0.682. The molecule has 2 heterocycles. The lowest BCUT2D eigenvalue weighted by molar-refractivity contribution is 0.149. The molecule has 0 saturated carbocycles. The van der Waals surface area contributed by atoms with Gasteiger partial charge < -0.3 is 10.0 Å². The highest BCUT2D eigenvalue weighted by atomic mass is 32.1. The van der Waals surface area contributed by atoms with Crippen molar-refractivity contribution in [2.75, 3.05) is 19.7 Å². The molecule has 3 nitrogen and oxygen atoms in total. The van der Waals surface area contributed by atoms with Gasteiger partial charge in [-0.05, 0) is 45.7 Å². The molecule has 0 aromatic carbocycles. The van der Waals surface area contributed by atoms with Crippen LogP contribution in [0.1, 0.15) is 36.6 Å². The molecule has 1 aromatic heterocycles. The lowest BCUT2D eigenvalue weighted by Gasteiger charge is -2.34. The largest absolute Gasteiger partial charge is 0.396 e. The zero-order valence-corrected chi connectivity index (χ0v) is 12.2. The van der Waals surface area contributed by atoms with E-state index in [1.54, 1.807) is 11.3 Å². The van der Waals surface area contributed by atoms with Gasteiger partial charge in [0.25, 0.3) is 0 Å². The van der Waals surface area contributed by atoms with Crippen LogP contribution in [0, 0.1) is 5.92 Å². The molecule has 18 heavy (non-hydrogen) atoms. The molecule has 0 radical (unpaired) electrons. The molecule has 1 N–H and O–H groups in total. The summed E-state index contributed by atoms with van der Waals surface area (Å²) in [4.78, 5) is 8.26. The molecule has 1 fully saturated rings. The second-order valence-corrected chi connectivity index (χ2v) is 6.67. The van der Waals surface area contributed by atoms with Crippen molar-refractivity contribution in [3.05, 3.63) is 16.1 Å². The minimum absolute atomic E-state index is 0.231. The van der Waals surface area contributed by atoms with Gasteiger partial charge in [0, 0.05) is 36.6 Å². The van der Waals surface area contributed by atoms with Crippen molar-refractivity contribution in [1.29, 1.82) is 0 Å². The zero-order chi connectivity index (χ0) is 13.0. The summed E-state index contributed by atoms with van der Waals surface area (Å²) in [7, 11) is 0. The van der Waals surface area contributed by atoms with Crippen LogP contribution >= 0.6 is 11.3 Å². The summed E-state index contributed by atoms with van der Waals surface area (Å²) in [6.45, 7) is 7.26. The summed E-state index contributed by atoms with van der Waals surface area (Å²) in [5, 5.41) is 10.2. The van der Waals surface area contributed by atoms with E-state index in [4.69, 9.17) is 5.11 Å². The highest BCUT2D eigenvalue weighted by molar-refractivity contribution is 7.11. The molecule has 0 aliphatic carbocycles. The van der Waals surface area contributed by atoms with Gasteiger partial charge in [-0.3, -0.25) is 0 Å². The third kappa shape index (κ3) is 3.77. The maximum Gasteiger partial charge on any atom is 0.0930 e. The smallest absolute Gasteiger partial charge is 0.0930 e. The Morgan fingerprint density at radius 3 is 2.78 bits per heavy atom.